The highest BCUT2D eigenvalue weighted by atomic mass is 16.2. The number of amides is 1. The summed E-state index contributed by atoms with van der Waals surface area (Å²) in [6.45, 7) is 4.44. The largest absolute Gasteiger partial charge is 0.398 e. The standard InChI is InChI=1S/C16H26N4O/c1-12-6-7-13(9-15(12)17)18-16(21)11-19(2)10-14-5-4-8-20(14)3/h6-7,9,14H,4-5,8,10-11,17H2,1-3H3,(H,18,21). The van der Waals surface area contributed by atoms with E-state index in [1.165, 1.54) is 12.8 Å². The highest BCUT2D eigenvalue weighted by Gasteiger charge is 2.22. The monoisotopic (exact) mass is 290 g/mol. The molecule has 1 fully saturated rings. The van der Waals surface area contributed by atoms with Crippen LogP contribution < -0.4 is 11.1 Å². The number of anilines is 2. The highest BCUT2D eigenvalue weighted by molar-refractivity contribution is 5.92. The van der Waals surface area contributed by atoms with Gasteiger partial charge in [0.25, 0.3) is 0 Å². The molecule has 1 amide bonds. The Balaban J connectivity index is 1.81. The van der Waals surface area contributed by atoms with Gasteiger partial charge in [0.1, 0.15) is 0 Å². The molecule has 1 aromatic rings. The number of carbonyl (C=O) groups excluding carboxylic acids is 1. The molecule has 5 nitrogen and oxygen atoms in total. The fourth-order valence-electron chi connectivity index (χ4n) is 2.80. The van der Waals surface area contributed by atoms with Gasteiger partial charge in [0.2, 0.25) is 5.91 Å². The zero-order chi connectivity index (χ0) is 15.4. The van der Waals surface area contributed by atoms with E-state index in [0.717, 1.165) is 24.3 Å². The van der Waals surface area contributed by atoms with Crippen molar-refractivity contribution in [1.82, 2.24) is 9.80 Å². The van der Waals surface area contributed by atoms with Gasteiger partial charge in [-0.25, -0.2) is 0 Å². The molecule has 0 radical (unpaired) electrons. The van der Waals surface area contributed by atoms with Gasteiger partial charge < -0.3 is 16.0 Å². The maximum atomic E-state index is 12.1. The first-order valence-electron chi connectivity index (χ1n) is 7.50. The van der Waals surface area contributed by atoms with Gasteiger partial charge in [0.05, 0.1) is 6.54 Å². The number of hydrogen-bond donors (Lipinski definition) is 2. The van der Waals surface area contributed by atoms with E-state index in [4.69, 9.17) is 5.73 Å². The Morgan fingerprint density at radius 1 is 1.52 bits per heavy atom. The predicted molar refractivity (Wildman–Crippen MR) is 87.4 cm³/mol. The molecular formula is C16H26N4O. The molecule has 5 heteroatoms. The molecule has 1 atom stereocenters. The topological polar surface area (TPSA) is 61.6 Å². The third-order valence-electron chi connectivity index (χ3n) is 4.17. The summed E-state index contributed by atoms with van der Waals surface area (Å²) in [6, 6.07) is 6.17. The average Bonchev–Trinajstić information content (AvgIpc) is 2.79. The van der Waals surface area contributed by atoms with E-state index in [2.05, 4.69) is 22.2 Å². The molecule has 0 aliphatic carbocycles. The molecule has 0 saturated carbocycles. The van der Waals surface area contributed by atoms with Crippen LogP contribution in [0.3, 0.4) is 0 Å². The van der Waals surface area contributed by atoms with E-state index in [9.17, 15) is 4.79 Å². The van der Waals surface area contributed by atoms with E-state index in [1.54, 1.807) is 6.07 Å². The minimum atomic E-state index is 0.00130. The van der Waals surface area contributed by atoms with Crippen LogP contribution in [0, 0.1) is 6.92 Å². The third-order valence-corrected chi connectivity index (χ3v) is 4.17. The first-order chi connectivity index (χ1) is 9.95. The lowest BCUT2D eigenvalue weighted by Gasteiger charge is -2.25. The summed E-state index contributed by atoms with van der Waals surface area (Å²) in [5, 5.41) is 2.90. The number of benzene rings is 1. The van der Waals surface area contributed by atoms with Crippen molar-refractivity contribution in [1.29, 1.82) is 0 Å². The number of carbonyl (C=O) groups is 1. The molecule has 1 saturated heterocycles. The number of hydrogen-bond acceptors (Lipinski definition) is 4. The van der Waals surface area contributed by atoms with Crippen LogP contribution in [0.1, 0.15) is 18.4 Å². The second-order valence-corrected chi connectivity index (χ2v) is 6.09. The molecule has 0 bridgehead atoms. The smallest absolute Gasteiger partial charge is 0.238 e. The Kier molecular flexibility index (Phi) is 5.20. The summed E-state index contributed by atoms with van der Waals surface area (Å²) >= 11 is 0. The van der Waals surface area contributed by atoms with Crippen LogP contribution in [0.4, 0.5) is 11.4 Å². The highest BCUT2D eigenvalue weighted by Crippen LogP contribution is 2.17. The van der Waals surface area contributed by atoms with Crippen molar-refractivity contribution >= 4 is 17.3 Å². The zero-order valence-electron chi connectivity index (χ0n) is 13.2. The van der Waals surface area contributed by atoms with E-state index >= 15 is 0 Å². The summed E-state index contributed by atoms with van der Waals surface area (Å²) in [7, 11) is 4.15. The van der Waals surface area contributed by atoms with Crippen LogP contribution in [0.25, 0.3) is 0 Å². The molecule has 1 aliphatic heterocycles. The van der Waals surface area contributed by atoms with Crippen LogP contribution in [-0.4, -0.2) is 55.5 Å². The van der Waals surface area contributed by atoms with E-state index in [-0.39, 0.29) is 5.91 Å². The lowest BCUT2D eigenvalue weighted by molar-refractivity contribution is -0.117. The Morgan fingerprint density at radius 3 is 2.90 bits per heavy atom. The van der Waals surface area contributed by atoms with Gasteiger partial charge in [0.15, 0.2) is 0 Å². The Bertz CT molecular complexity index is 503. The van der Waals surface area contributed by atoms with Gasteiger partial charge in [-0.15, -0.1) is 0 Å². The number of nitrogens with one attached hydrogen (secondary N) is 1. The summed E-state index contributed by atoms with van der Waals surface area (Å²) < 4.78 is 0. The minimum Gasteiger partial charge on any atom is -0.398 e. The molecule has 0 aromatic heterocycles. The van der Waals surface area contributed by atoms with E-state index < -0.39 is 0 Å². The van der Waals surface area contributed by atoms with Gasteiger partial charge >= 0.3 is 0 Å². The van der Waals surface area contributed by atoms with Gasteiger partial charge in [-0.3, -0.25) is 9.69 Å². The van der Waals surface area contributed by atoms with Crippen LogP contribution in [0.15, 0.2) is 18.2 Å². The Morgan fingerprint density at radius 2 is 2.29 bits per heavy atom. The van der Waals surface area contributed by atoms with Gasteiger partial charge in [-0.05, 0) is 58.1 Å². The van der Waals surface area contributed by atoms with Crippen molar-refractivity contribution < 1.29 is 4.79 Å². The third kappa shape index (κ3) is 4.44. The molecule has 0 spiro atoms. The first kappa shape index (κ1) is 15.8. The Labute approximate surface area is 127 Å². The number of likely N-dealkylation sites (tertiary alicyclic amines) is 1. The molecule has 2 rings (SSSR count). The molecular weight excluding hydrogens is 264 g/mol. The summed E-state index contributed by atoms with van der Waals surface area (Å²) in [4.78, 5) is 16.5. The lowest BCUT2D eigenvalue weighted by atomic mass is 10.2. The number of rotatable bonds is 5. The number of likely N-dealkylation sites (N-methyl/N-ethyl adjacent to an activating group) is 2. The normalized spacial score (nSPS) is 19.1. The SMILES string of the molecule is Cc1ccc(NC(=O)CN(C)CC2CCCN2C)cc1N. The average molecular weight is 290 g/mol. The molecule has 116 valence electrons. The summed E-state index contributed by atoms with van der Waals surface area (Å²) in [6.07, 6.45) is 2.47. The predicted octanol–water partition coefficient (Wildman–Crippen LogP) is 1.54. The molecule has 21 heavy (non-hydrogen) atoms. The second-order valence-electron chi connectivity index (χ2n) is 6.09. The molecule has 1 unspecified atom stereocenters. The van der Waals surface area contributed by atoms with Crippen LogP contribution >= 0.6 is 0 Å². The van der Waals surface area contributed by atoms with Crippen molar-refractivity contribution in [2.45, 2.75) is 25.8 Å². The molecule has 3 N–H and O–H groups in total. The first-order valence-corrected chi connectivity index (χ1v) is 7.50. The fraction of sp³-hybridized carbons (Fsp3) is 0.562. The lowest BCUT2D eigenvalue weighted by Crippen LogP contribution is -2.40. The van der Waals surface area contributed by atoms with Crippen molar-refractivity contribution in [3.05, 3.63) is 23.8 Å². The number of nitrogens with zero attached hydrogens (tertiary/aromatic N) is 2. The molecule has 1 aliphatic rings. The quantitative estimate of drug-likeness (QED) is 0.808. The van der Waals surface area contributed by atoms with E-state index in [1.807, 2.05) is 26.1 Å². The van der Waals surface area contributed by atoms with Crippen molar-refractivity contribution in [2.24, 2.45) is 0 Å². The van der Waals surface area contributed by atoms with Gasteiger partial charge in [0, 0.05) is 24.0 Å². The second kappa shape index (κ2) is 6.91. The van der Waals surface area contributed by atoms with Crippen molar-refractivity contribution in [3.8, 4) is 0 Å². The van der Waals surface area contributed by atoms with Crippen LogP contribution in [0.2, 0.25) is 0 Å². The number of nitrogens with two attached hydrogens (primary N) is 1. The van der Waals surface area contributed by atoms with E-state index in [0.29, 0.717) is 18.3 Å². The summed E-state index contributed by atoms with van der Waals surface area (Å²) in [5.41, 5.74) is 8.34. The van der Waals surface area contributed by atoms with Crippen molar-refractivity contribution in [3.63, 3.8) is 0 Å². The zero-order valence-corrected chi connectivity index (χ0v) is 13.2. The van der Waals surface area contributed by atoms with Crippen LogP contribution in [0.5, 0.6) is 0 Å². The van der Waals surface area contributed by atoms with Gasteiger partial charge in [-0.2, -0.15) is 0 Å². The summed E-state index contributed by atoms with van der Waals surface area (Å²) in [5.74, 6) is 0.00130. The van der Waals surface area contributed by atoms with Crippen LogP contribution in [-0.2, 0) is 4.79 Å². The van der Waals surface area contributed by atoms with Crippen molar-refractivity contribution in [2.75, 3.05) is 44.8 Å². The minimum absolute atomic E-state index is 0.00130. The Hall–Kier alpha value is -1.59. The van der Waals surface area contributed by atoms with Gasteiger partial charge in [-0.1, -0.05) is 6.07 Å². The maximum absolute atomic E-state index is 12.1. The maximum Gasteiger partial charge on any atom is 0.238 e. The number of nitrogen functional groups attached to an aromatic ring is 1. The molecule has 1 aromatic carbocycles. The number of aryl methyl sites for hydroxylation is 1. The molecule has 1 heterocycles. The fourth-order valence-corrected chi connectivity index (χ4v) is 2.80.